The lowest BCUT2D eigenvalue weighted by Gasteiger charge is -2.03. The lowest BCUT2D eigenvalue weighted by molar-refractivity contribution is 0.112. The summed E-state index contributed by atoms with van der Waals surface area (Å²) in [5, 5.41) is 9.38. The minimum Gasteiger partial charge on any atom is -0.507 e. The largest absolute Gasteiger partial charge is 0.507 e. The predicted molar refractivity (Wildman–Crippen MR) is 69.5 cm³/mol. The Morgan fingerprint density at radius 3 is 2.59 bits per heavy atom. The van der Waals surface area contributed by atoms with E-state index in [0.29, 0.717) is 11.8 Å². The third-order valence-corrected chi connectivity index (χ3v) is 3.44. The number of aldehydes is 1. The topological polar surface area (TPSA) is 37.3 Å². The van der Waals surface area contributed by atoms with Crippen LogP contribution in [0.1, 0.15) is 15.9 Å². The van der Waals surface area contributed by atoms with Crippen molar-refractivity contribution >= 4 is 18.0 Å². The van der Waals surface area contributed by atoms with Crippen LogP contribution in [0.15, 0.2) is 53.4 Å². The molecule has 2 aromatic carbocycles. The summed E-state index contributed by atoms with van der Waals surface area (Å²) in [7, 11) is 0. The number of carbonyl (C=O) groups is 1. The van der Waals surface area contributed by atoms with Crippen LogP contribution in [0.25, 0.3) is 0 Å². The summed E-state index contributed by atoms with van der Waals surface area (Å²) < 4.78 is 0. The first-order chi connectivity index (χ1) is 8.29. The maximum absolute atomic E-state index is 10.7. The molecule has 0 bridgehead atoms. The predicted octanol–water partition coefficient (Wildman–Crippen LogP) is 3.50. The highest BCUT2D eigenvalue weighted by Gasteiger charge is 2.02. The van der Waals surface area contributed by atoms with Gasteiger partial charge >= 0.3 is 0 Å². The molecule has 1 N–H and O–H groups in total. The van der Waals surface area contributed by atoms with Crippen molar-refractivity contribution in [1.29, 1.82) is 0 Å². The van der Waals surface area contributed by atoms with E-state index >= 15 is 0 Å². The zero-order chi connectivity index (χ0) is 12.1. The molecule has 0 saturated heterocycles. The minimum atomic E-state index is 0.0315. The Morgan fingerprint density at radius 1 is 1.12 bits per heavy atom. The second kappa shape index (κ2) is 5.55. The van der Waals surface area contributed by atoms with Gasteiger partial charge in [-0.05, 0) is 23.8 Å². The molecule has 0 amide bonds. The molecule has 2 nitrogen and oxygen atoms in total. The molecule has 2 rings (SSSR count). The van der Waals surface area contributed by atoms with Crippen LogP contribution in [0.4, 0.5) is 0 Å². The van der Waals surface area contributed by atoms with Crippen LogP contribution < -0.4 is 0 Å². The van der Waals surface area contributed by atoms with Crippen molar-refractivity contribution in [2.75, 3.05) is 0 Å². The van der Waals surface area contributed by atoms with Gasteiger partial charge in [-0.25, -0.2) is 0 Å². The molecule has 0 aliphatic carbocycles. The van der Waals surface area contributed by atoms with Gasteiger partial charge in [0, 0.05) is 10.6 Å². The maximum Gasteiger partial charge on any atom is 0.153 e. The van der Waals surface area contributed by atoms with Crippen molar-refractivity contribution < 1.29 is 9.90 Å². The van der Waals surface area contributed by atoms with Gasteiger partial charge in [0.2, 0.25) is 0 Å². The number of benzene rings is 2. The highest BCUT2D eigenvalue weighted by molar-refractivity contribution is 7.98. The minimum absolute atomic E-state index is 0.0315. The van der Waals surface area contributed by atoms with Crippen molar-refractivity contribution in [3.63, 3.8) is 0 Å². The highest BCUT2D eigenvalue weighted by atomic mass is 32.2. The molecular weight excluding hydrogens is 232 g/mol. The van der Waals surface area contributed by atoms with Crippen LogP contribution in [-0.4, -0.2) is 11.4 Å². The number of phenolic OH excluding ortho intramolecular Hbond substituents is 1. The Balaban J connectivity index is 2.07. The Hall–Kier alpha value is -1.74. The maximum atomic E-state index is 10.7. The van der Waals surface area contributed by atoms with Crippen LogP contribution in [0.3, 0.4) is 0 Å². The lowest BCUT2D eigenvalue weighted by atomic mass is 10.2. The highest BCUT2D eigenvalue weighted by Crippen LogP contribution is 2.26. The number of rotatable bonds is 4. The van der Waals surface area contributed by atoms with Crippen molar-refractivity contribution in [3.05, 3.63) is 59.7 Å². The number of aromatic hydroxyl groups is 1. The molecule has 0 aliphatic rings. The van der Waals surface area contributed by atoms with Crippen molar-refractivity contribution in [2.24, 2.45) is 0 Å². The van der Waals surface area contributed by atoms with Gasteiger partial charge in [-0.1, -0.05) is 30.3 Å². The normalized spacial score (nSPS) is 10.1. The van der Waals surface area contributed by atoms with Gasteiger partial charge in [-0.3, -0.25) is 4.79 Å². The molecule has 0 aromatic heterocycles. The van der Waals surface area contributed by atoms with Crippen LogP contribution >= 0.6 is 11.8 Å². The average molecular weight is 244 g/mol. The summed E-state index contributed by atoms with van der Waals surface area (Å²) in [6, 6.07) is 15.2. The van der Waals surface area contributed by atoms with Crippen LogP contribution in [-0.2, 0) is 5.75 Å². The molecule has 17 heavy (non-hydrogen) atoms. The SMILES string of the molecule is O=Cc1cc(SCc2ccccc2)ccc1O. The Kier molecular flexibility index (Phi) is 3.83. The molecule has 86 valence electrons. The third-order valence-electron chi connectivity index (χ3n) is 2.37. The molecule has 0 fully saturated rings. The van der Waals surface area contributed by atoms with Crippen LogP contribution in [0.5, 0.6) is 5.75 Å². The first-order valence-corrected chi connectivity index (χ1v) is 6.23. The molecule has 0 aliphatic heterocycles. The fourth-order valence-corrected chi connectivity index (χ4v) is 2.36. The van der Waals surface area contributed by atoms with Crippen molar-refractivity contribution in [1.82, 2.24) is 0 Å². The molecule has 0 spiro atoms. The number of hydrogen-bond donors (Lipinski definition) is 1. The molecule has 2 aromatic rings. The second-order valence-corrected chi connectivity index (χ2v) is 4.66. The monoisotopic (exact) mass is 244 g/mol. The molecule has 0 saturated carbocycles. The summed E-state index contributed by atoms with van der Waals surface area (Å²) in [6.07, 6.45) is 0.669. The van der Waals surface area contributed by atoms with Gasteiger partial charge in [0.05, 0.1) is 5.56 Å². The Labute approximate surface area is 104 Å². The zero-order valence-corrected chi connectivity index (χ0v) is 9.98. The molecule has 3 heteroatoms. The van der Waals surface area contributed by atoms with E-state index in [2.05, 4.69) is 12.1 Å². The molecule has 0 atom stereocenters. The van der Waals surface area contributed by atoms with E-state index in [4.69, 9.17) is 0 Å². The van der Waals surface area contributed by atoms with Gasteiger partial charge in [-0.2, -0.15) is 0 Å². The number of carbonyl (C=O) groups excluding carboxylic acids is 1. The molecule has 0 radical (unpaired) electrons. The standard InChI is InChI=1S/C14H12O2S/c15-9-12-8-13(6-7-14(12)16)17-10-11-4-2-1-3-5-11/h1-9,16H,10H2. The third kappa shape index (κ3) is 3.11. The molecule has 0 unspecified atom stereocenters. The van der Waals surface area contributed by atoms with E-state index in [1.807, 2.05) is 24.3 Å². The molecular formula is C14H12O2S. The number of thioether (sulfide) groups is 1. The van der Waals surface area contributed by atoms with Gasteiger partial charge in [0.15, 0.2) is 6.29 Å². The first-order valence-electron chi connectivity index (χ1n) is 5.24. The van der Waals surface area contributed by atoms with E-state index in [-0.39, 0.29) is 5.75 Å². The summed E-state index contributed by atoms with van der Waals surface area (Å²) in [6.45, 7) is 0. The van der Waals surface area contributed by atoms with E-state index in [9.17, 15) is 9.90 Å². The number of phenols is 1. The number of hydrogen-bond acceptors (Lipinski definition) is 3. The van der Waals surface area contributed by atoms with Crippen molar-refractivity contribution in [2.45, 2.75) is 10.6 Å². The van der Waals surface area contributed by atoms with Crippen LogP contribution in [0.2, 0.25) is 0 Å². The van der Waals surface area contributed by atoms with E-state index in [1.165, 1.54) is 5.56 Å². The van der Waals surface area contributed by atoms with Crippen LogP contribution in [0, 0.1) is 0 Å². The van der Waals surface area contributed by atoms with Gasteiger partial charge < -0.3 is 5.11 Å². The summed E-state index contributed by atoms with van der Waals surface area (Å²) in [5.74, 6) is 0.883. The quantitative estimate of drug-likeness (QED) is 0.660. The molecule has 0 heterocycles. The summed E-state index contributed by atoms with van der Waals surface area (Å²) in [5.41, 5.74) is 1.57. The van der Waals surface area contributed by atoms with Gasteiger partial charge in [0.1, 0.15) is 5.75 Å². The smallest absolute Gasteiger partial charge is 0.153 e. The lowest BCUT2D eigenvalue weighted by Crippen LogP contribution is -1.84. The van der Waals surface area contributed by atoms with E-state index < -0.39 is 0 Å². The second-order valence-electron chi connectivity index (χ2n) is 3.61. The summed E-state index contributed by atoms with van der Waals surface area (Å²) in [4.78, 5) is 11.7. The zero-order valence-electron chi connectivity index (χ0n) is 9.17. The fourth-order valence-electron chi connectivity index (χ4n) is 1.46. The van der Waals surface area contributed by atoms with E-state index in [0.717, 1.165) is 10.6 Å². The fraction of sp³-hybridized carbons (Fsp3) is 0.0714. The average Bonchev–Trinajstić information content (AvgIpc) is 2.39. The summed E-state index contributed by atoms with van der Waals surface area (Å²) >= 11 is 1.64. The Morgan fingerprint density at radius 2 is 1.88 bits per heavy atom. The van der Waals surface area contributed by atoms with Gasteiger partial charge in [-0.15, -0.1) is 11.8 Å². The first kappa shape index (κ1) is 11.7. The Bertz CT molecular complexity index is 509. The van der Waals surface area contributed by atoms with E-state index in [1.54, 1.807) is 23.9 Å². The van der Waals surface area contributed by atoms with Gasteiger partial charge in [0.25, 0.3) is 0 Å². The van der Waals surface area contributed by atoms with Crippen molar-refractivity contribution in [3.8, 4) is 5.75 Å².